The predicted octanol–water partition coefficient (Wildman–Crippen LogP) is 3.60. The van der Waals surface area contributed by atoms with Crippen LogP contribution in [0.5, 0.6) is 0 Å². The number of carbonyl (C=O) groups excluding carboxylic acids is 2. The van der Waals surface area contributed by atoms with Gasteiger partial charge in [-0.15, -0.1) is 0 Å². The Morgan fingerprint density at radius 1 is 1.10 bits per heavy atom. The van der Waals surface area contributed by atoms with Crippen molar-refractivity contribution in [2.75, 3.05) is 5.32 Å². The second-order valence-corrected chi connectivity index (χ2v) is 4.81. The van der Waals surface area contributed by atoms with Crippen LogP contribution in [0, 0.1) is 5.82 Å². The van der Waals surface area contributed by atoms with E-state index >= 15 is 0 Å². The number of hydrogen-bond donors (Lipinski definition) is 1. The first kappa shape index (κ1) is 14.9. The molecule has 0 aliphatic heterocycles. The molecule has 0 unspecified atom stereocenters. The Balaban J connectivity index is 1.88. The molecule has 2 rings (SSSR count). The van der Waals surface area contributed by atoms with Crippen LogP contribution in [0.4, 0.5) is 10.1 Å². The fourth-order valence-corrected chi connectivity index (χ4v) is 1.96. The minimum Gasteiger partial charge on any atom is -0.326 e. The van der Waals surface area contributed by atoms with Gasteiger partial charge in [-0.3, -0.25) is 9.59 Å². The monoisotopic (exact) mass is 285 g/mol. The molecule has 3 nitrogen and oxygen atoms in total. The fourth-order valence-electron chi connectivity index (χ4n) is 1.96. The summed E-state index contributed by atoms with van der Waals surface area (Å²) >= 11 is 0. The molecule has 0 saturated heterocycles. The quantitative estimate of drug-likeness (QED) is 0.853. The molecule has 0 bridgehead atoms. The maximum absolute atomic E-state index is 13.0. The van der Waals surface area contributed by atoms with Crippen molar-refractivity contribution in [2.24, 2.45) is 0 Å². The standard InChI is InChI=1S/C17H16FNO2/c1-12(20)14-6-8-16(9-7-14)19-17(21)10-5-13-3-2-4-15(18)11-13/h2-4,6-9,11H,5,10H2,1H3,(H,19,21). The lowest BCUT2D eigenvalue weighted by molar-refractivity contribution is -0.116. The second kappa shape index (κ2) is 6.79. The molecule has 0 saturated carbocycles. The lowest BCUT2D eigenvalue weighted by Crippen LogP contribution is -2.12. The van der Waals surface area contributed by atoms with E-state index in [2.05, 4.69) is 5.32 Å². The number of rotatable bonds is 5. The van der Waals surface area contributed by atoms with Gasteiger partial charge in [0.2, 0.25) is 5.91 Å². The maximum atomic E-state index is 13.0. The molecule has 0 aliphatic rings. The molecule has 0 aromatic heterocycles. The van der Waals surface area contributed by atoms with Crippen LogP contribution in [0.3, 0.4) is 0 Å². The fraction of sp³-hybridized carbons (Fsp3) is 0.176. The van der Waals surface area contributed by atoms with E-state index in [9.17, 15) is 14.0 Å². The number of Topliss-reactive ketones (excluding diaryl/α,β-unsaturated/α-hetero) is 1. The Morgan fingerprint density at radius 2 is 1.81 bits per heavy atom. The van der Waals surface area contributed by atoms with Crippen LogP contribution < -0.4 is 5.32 Å². The Labute approximate surface area is 122 Å². The van der Waals surface area contributed by atoms with Gasteiger partial charge in [0.1, 0.15) is 5.82 Å². The van der Waals surface area contributed by atoms with E-state index in [1.807, 2.05) is 0 Å². The van der Waals surface area contributed by atoms with Gasteiger partial charge in [-0.05, 0) is 55.3 Å². The highest BCUT2D eigenvalue weighted by Gasteiger charge is 2.05. The zero-order valence-electron chi connectivity index (χ0n) is 11.7. The number of carbonyl (C=O) groups is 2. The molecule has 2 aromatic carbocycles. The summed E-state index contributed by atoms with van der Waals surface area (Å²) in [5, 5.41) is 2.75. The van der Waals surface area contributed by atoms with Crippen LogP contribution in [0.25, 0.3) is 0 Å². The summed E-state index contributed by atoms with van der Waals surface area (Å²) in [4.78, 5) is 23.0. The zero-order valence-corrected chi connectivity index (χ0v) is 11.7. The van der Waals surface area contributed by atoms with Gasteiger partial charge in [-0.25, -0.2) is 4.39 Å². The molecule has 4 heteroatoms. The third kappa shape index (κ3) is 4.53. The molecule has 0 atom stereocenters. The summed E-state index contributed by atoms with van der Waals surface area (Å²) in [6.07, 6.45) is 0.757. The number of ketones is 1. The summed E-state index contributed by atoms with van der Waals surface area (Å²) in [5.74, 6) is -0.457. The van der Waals surface area contributed by atoms with Crippen molar-refractivity contribution in [1.82, 2.24) is 0 Å². The Bertz CT molecular complexity index is 650. The highest BCUT2D eigenvalue weighted by Crippen LogP contribution is 2.11. The number of nitrogens with one attached hydrogen (secondary N) is 1. The van der Waals surface area contributed by atoms with Gasteiger partial charge in [0.15, 0.2) is 5.78 Å². The molecule has 0 fully saturated rings. The van der Waals surface area contributed by atoms with E-state index in [-0.39, 0.29) is 23.9 Å². The smallest absolute Gasteiger partial charge is 0.224 e. The minimum atomic E-state index is -0.298. The van der Waals surface area contributed by atoms with Crippen LogP contribution in [0.15, 0.2) is 48.5 Å². The van der Waals surface area contributed by atoms with Gasteiger partial charge in [-0.2, -0.15) is 0 Å². The molecule has 108 valence electrons. The molecular weight excluding hydrogens is 269 g/mol. The summed E-state index contributed by atoms with van der Waals surface area (Å²) in [5.41, 5.74) is 2.04. The second-order valence-electron chi connectivity index (χ2n) is 4.81. The van der Waals surface area contributed by atoms with Crippen molar-refractivity contribution in [1.29, 1.82) is 0 Å². The van der Waals surface area contributed by atoms with Crippen LogP contribution in [0.1, 0.15) is 29.3 Å². The minimum absolute atomic E-state index is 0.0148. The van der Waals surface area contributed by atoms with Crippen molar-refractivity contribution < 1.29 is 14.0 Å². The molecule has 0 radical (unpaired) electrons. The molecule has 0 aliphatic carbocycles. The van der Waals surface area contributed by atoms with E-state index in [1.54, 1.807) is 36.4 Å². The van der Waals surface area contributed by atoms with Gasteiger partial charge >= 0.3 is 0 Å². The number of benzene rings is 2. The van der Waals surface area contributed by atoms with E-state index in [1.165, 1.54) is 19.1 Å². The average molecular weight is 285 g/mol. The van der Waals surface area contributed by atoms with Gasteiger partial charge in [0, 0.05) is 17.7 Å². The van der Waals surface area contributed by atoms with E-state index in [4.69, 9.17) is 0 Å². The number of hydrogen-bond acceptors (Lipinski definition) is 2. The molecule has 1 N–H and O–H groups in total. The van der Waals surface area contributed by atoms with E-state index in [0.717, 1.165) is 5.56 Å². The zero-order chi connectivity index (χ0) is 15.2. The number of halogens is 1. The van der Waals surface area contributed by atoms with Crippen LogP contribution >= 0.6 is 0 Å². The molecule has 0 heterocycles. The molecule has 0 spiro atoms. The summed E-state index contributed by atoms with van der Waals surface area (Å²) < 4.78 is 13.0. The number of amides is 1. The normalized spacial score (nSPS) is 10.2. The Hall–Kier alpha value is -2.49. The lowest BCUT2D eigenvalue weighted by atomic mass is 10.1. The van der Waals surface area contributed by atoms with Crippen molar-refractivity contribution in [3.8, 4) is 0 Å². The summed E-state index contributed by atoms with van der Waals surface area (Å²) in [6, 6.07) is 12.9. The van der Waals surface area contributed by atoms with E-state index in [0.29, 0.717) is 17.7 Å². The van der Waals surface area contributed by atoms with Gasteiger partial charge < -0.3 is 5.32 Å². The molecule has 21 heavy (non-hydrogen) atoms. The first-order valence-electron chi connectivity index (χ1n) is 6.70. The Morgan fingerprint density at radius 3 is 2.43 bits per heavy atom. The average Bonchev–Trinajstić information content (AvgIpc) is 2.46. The largest absolute Gasteiger partial charge is 0.326 e. The highest BCUT2D eigenvalue weighted by atomic mass is 19.1. The van der Waals surface area contributed by atoms with E-state index < -0.39 is 0 Å². The SMILES string of the molecule is CC(=O)c1ccc(NC(=O)CCc2cccc(F)c2)cc1. The first-order chi connectivity index (χ1) is 10.0. The summed E-state index contributed by atoms with van der Waals surface area (Å²) in [7, 11) is 0. The topological polar surface area (TPSA) is 46.2 Å². The third-order valence-electron chi connectivity index (χ3n) is 3.10. The van der Waals surface area contributed by atoms with Gasteiger partial charge in [0.25, 0.3) is 0 Å². The van der Waals surface area contributed by atoms with Gasteiger partial charge in [0.05, 0.1) is 0 Å². The van der Waals surface area contributed by atoms with Crippen LogP contribution in [-0.2, 0) is 11.2 Å². The lowest BCUT2D eigenvalue weighted by Gasteiger charge is -2.06. The molecular formula is C17H16FNO2. The number of aryl methyl sites for hydroxylation is 1. The predicted molar refractivity (Wildman–Crippen MR) is 79.8 cm³/mol. The maximum Gasteiger partial charge on any atom is 0.224 e. The van der Waals surface area contributed by atoms with Crippen LogP contribution in [0.2, 0.25) is 0 Å². The molecule has 1 amide bonds. The van der Waals surface area contributed by atoms with Gasteiger partial charge in [-0.1, -0.05) is 12.1 Å². The Kier molecular flexibility index (Phi) is 4.82. The molecule has 2 aromatic rings. The van der Waals surface area contributed by atoms with Crippen molar-refractivity contribution in [3.63, 3.8) is 0 Å². The summed E-state index contributed by atoms with van der Waals surface area (Å²) in [6.45, 7) is 1.49. The van der Waals surface area contributed by atoms with Crippen molar-refractivity contribution >= 4 is 17.4 Å². The van der Waals surface area contributed by atoms with Crippen molar-refractivity contribution in [3.05, 3.63) is 65.5 Å². The highest BCUT2D eigenvalue weighted by molar-refractivity contribution is 5.95. The number of anilines is 1. The first-order valence-corrected chi connectivity index (χ1v) is 6.70. The van der Waals surface area contributed by atoms with Crippen LogP contribution in [-0.4, -0.2) is 11.7 Å². The third-order valence-corrected chi connectivity index (χ3v) is 3.10. The van der Waals surface area contributed by atoms with Crippen molar-refractivity contribution in [2.45, 2.75) is 19.8 Å².